The fourth-order valence-electron chi connectivity index (χ4n) is 4.10. The topological polar surface area (TPSA) is 77.1 Å². The fraction of sp³-hybridized carbons (Fsp3) is 0.333. The number of rotatable bonds is 6. The van der Waals surface area contributed by atoms with E-state index in [1.165, 1.54) is 22.9 Å². The first-order valence-corrected chi connectivity index (χ1v) is 11.2. The lowest BCUT2D eigenvalue weighted by Gasteiger charge is -2.10. The van der Waals surface area contributed by atoms with Gasteiger partial charge in [0.05, 0.1) is 29.2 Å². The molecule has 5 rings (SSSR count). The number of carbonyl (C=O) groups excluding carboxylic acids is 1. The molecule has 1 N–H and O–H groups in total. The Hall–Kier alpha value is -3.83. The molecule has 7 nitrogen and oxygen atoms in total. The van der Waals surface area contributed by atoms with Crippen LogP contribution in [0.15, 0.2) is 36.4 Å². The molecule has 0 bridgehead atoms. The zero-order valence-electron chi connectivity index (χ0n) is 19.3. The van der Waals surface area contributed by atoms with E-state index >= 15 is 0 Å². The number of anilines is 1. The van der Waals surface area contributed by atoms with Crippen LogP contribution in [0.4, 0.5) is 27.6 Å². The molecule has 3 heterocycles. The average Bonchev–Trinajstić information content (AvgIpc) is 3.53. The summed E-state index contributed by atoms with van der Waals surface area (Å²) < 4.78 is 68.9. The number of alkyl halides is 5. The predicted molar refractivity (Wildman–Crippen MR) is 120 cm³/mol. The summed E-state index contributed by atoms with van der Waals surface area (Å²) in [5.74, 6) is -0.494. The molecule has 0 spiro atoms. The van der Waals surface area contributed by atoms with Gasteiger partial charge in [0, 0.05) is 17.7 Å². The van der Waals surface area contributed by atoms with Crippen LogP contribution in [0.1, 0.15) is 69.6 Å². The number of aromatic nitrogens is 5. The molecule has 36 heavy (non-hydrogen) atoms. The number of aryl methyl sites for hydroxylation is 1. The summed E-state index contributed by atoms with van der Waals surface area (Å²) in [7, 11) is 0. The zero-order chi connectivity index (χ0) is 25.8. The summed E-state index contributed by atoms with van der Waals surface area (Å²) in [6.45, 7) is 3.38. The van der Waals surface area contributed by atoms with Gasteiger partial charge >= 0.3 is 6.18 Å². The second-order valence-corrected chi connectivity index (χ2v) is 8.84. The van der Waals surface area contributed by atoms with Gasteiger partial charge in [0.15, 0.2) is 11.3 Å². The summed E-state index contributed by atoms with van der Waals surface area (Å²) in [5.41, 5.74) is 1.26. The van der Waals surface area contributed by atoms with E-state index in [1.807, 2.05) is 0 Å². The third kappa shape index (κ3) is 4.54. The molecule has 1 aliphatic carbocycles. The smallest absolute Gasteiger partial charge is 0.317 e. The number of hydrogen-bond acceptors (Lipinski definition) is 4. The lowest BCUT2D eigenvalue weighted by molar-refractivity contribution is -0.137. The Morgan fingerprint density at radius 2 is 1.89 bits per heavy atom. The first-order valence-electron chi connectivity index (χ1n) is 11.2. The highest BCUT2D eigenvalue weighted by atomic mass is 19.4. The molecule has 12 heteroatoms. The van der Waals surface area contributed by atoms with Crippen LogP contribution in [0.5, 0.6) is 0 Å². The molecule has 188 valence electrons. The second kappa shape index (κ2) is 8.68. The zero-order valence-corrected chi connectivity index (χ0v) is 19.3. The summed E-state index contributed by atoms with van der Waals surface area (Å²) in [4.78, 5) is 17.4. The Bertz CT molecular complexity index is 1470. The van der Waals surface area contributed by atoms with Crippen molar-refractivity contribution in [3.8, 4) is 0 Å². The molecule has 0 saturated heterocycles. The van der Waals surface area contributed by atoms with E-state index in [9.17, 15) is 26.7 Å². The maximum absolute atomic E-state index is 13.6. The van der Waals surface area contributed by atoms with Crippen molar-refractivity contribution in [1.82, 2.24) is 24.4 Å². The van der Waals surface area contributed by atoms with Crippen molar-refractivity contribution in [2.45, 2.75) is 51.8 Å². The molecule has 1 fully saturated rings. The van der Waals surface area contributed by atoms with Gasteiger partial charge in [-0.25, -0.2) is 18.3 Å². The summed E-state index contributed by atoms with van der Waals surface area (Å²) in [5, 5.41) is 11.1. The van der Waals surface area contributed by atoms with Crippen LogP contribution in [-0.2, 0) is 12.7 Å². The molecule has 0 aliphatic heterocycles. The molecule has 4 aromatic rings. The van der Waals surface area contributed by atoms with Gasteiger partial charge in [-0.2, -0.15) is 23.4 Å². The maximum Gasteiger partial charge on any atom is 0.416 e. The molecule has 1 amide bonds. The highest BCUT2D eigenvalue weighted by Gasteiger charge is 2.31. The number of benzene rings is 1. The van der Waals surface area contributed by atoms with Gasteiger partial charge in [0.25, 0.3) is 12.3 Å². The van der Waals surface area contributed by atoms with Crippen molar-refractivity contribution in [2.24, 2.45) is 0 Å². The molecule has 1 aromatic carbocycles. The third-order valence-electron chi connectivity index (χ3n) is 6.13. The number of hydrogen-bond donors (Lipinski definition) is 1. The molecular weight excluding hydrogens is 483 g/mol. The van der Waals surface area contributed by atoms with Crippen LogP contribution in [-0.4, -0.2) is 30.3 Å². The van der Waals surface area contributed by atoms with Crippen LogP contribution >= 0.6 is 0 Å². The van der Waals surface area contributed by atoms with E-state index in [0.29, 0.717) is 28.3 Å². The van der Waals surface area contributed by atoms with Gasteiger partial charge in [-0.05, 0) is 50.5 Å². The van der Waals surface area contributed by atoms with E-state index < -0.39 is 24.1 Å². The molecule has 0 atom stereocenters. The fourth-order valence-corrected chi connectivity index (χ4v) is 4.10. The minimum absolute atomic E-state index is 0.0619. The lowest BCUT2D eigenvalue weighted by Crippen LogP contribution is -2.14. The Morgan fingerprint density at radius 3 is 2.56 bits per heavy atom. The van der Waals surface area contributed by atoms with Crippen molar-refractivity contribution < 1.29 is 26.7 Å². The van der Waals surface area contributed by atoms with Crippen molar-refractivity contribution >= 4 is 17.2 Å². The Balaban J connectivity index is 1.40. The number of nitrogens with zero attached hydrogens (tertiary/aromatic N) is 5. The van der Waals surface area contributed by atoms with Gasteiger partial charge in [0.1, 0.15) is 5.69 Å². The van der Waals surface area contributed by atoms with Crippen LogP contribution in [0.2, 0.25) is 0 Å². The molecule has 0 unspecified atom stereocenters. The predicted octanol–water partition coefficient (Wildman–Crippen LogP) is 5.68. The van der Waals surface area contributed by atoms with Crippen molar-refractivity contribution in [3.63, 3.8) is 0 Å². The van der Waals surface area contributed by atoms with E-state index in [0.717, 1.165) is 29.5 Å². The monoisotopic (exact) mass is 504 g/mol. The van der Waals surface area contributed by atoms with Gasteiger partial charge in [-0.15, -0.1) is 0 Å². The van der Waals surface area contributed by atoms with Crippen molar-refractivity contribution in [1.29, 1.82) is 0 Å². The summed E-state index contributed by atoms with van der Waals surface area (Å²) >= 11 is 0. The molecule has 0 radical (unpaired) electrons. The van der Waals surface area contributed by atoms with Crippen LogP contribution in [0, 0.1) is 13.8 Å². The summed E-state index contributed by atoms with van der Waals surface area (Å²) in [6.07, 6.45) is -5.48. The highest BCUT2D eigenvalue weighted by molar-refractivity contribution is 6.04. The maximum atomic E-state index is 13.6. The second-order valence-electron chi connectivity index (χ2n) is 8.84. The minimum Gasteiger partial charge on any atom is -0.317 e. The van der Waals surface area contributed by atoms with Gasteiger partial charge in [-0.3, -0.25) is 9.48 Å². The Morgan fingerprint density at radius 1 is 1.14 bits per heavy atom. The van der Waals surface area contributed by atoms with E-state index in [1.54, 1.807) is 19.9 Å². The van der Waals surface area contributed by atoms with E-state index in [-0.39, 0.29) is 29.5 Å². The van der Waals surface area contributed by atoms with E-state index in [4.69, 9.17) is 0 Å². The van der Waals surface area contributed by atoms with Gasteiger partial charge in [0.2, 0.25) is 0 Å². The van der Waals surface area contributed by atoms with Crippen LogP contribution in [0.25, 0.3) is 5.65 Å². The first-order chi connectivity index (χ1) is 17.0. The third-order valence-corrected chi connectivity index (χ3v) is 6.13. The summed E-state index contributed by atoms with van der Waals surface area (Å²) in [6, 6.07) is 7.61. The van der Waals surface area contributed by atoms with Crippen molar-refractivity contribution in [3.05, 3.63) is 76.0 Å². The average molecular weight is 504 g/mol. The Kier molecular flexibility index (Phi) is 5.76. The van der Waals surface area contributed by atoms with E-state index in [2.05, 4.69) is 20.5 Å². The normalized spacial score (nSPS) is 14.1. The van der Waals surface area contributed by atoms with Crippen LogP contribution in [0.3, 0.4) is 0 Å². The van der Waals surface area contributed by atoms with Crippen LogP contribution < -0.4 is 5.32 Å². The first kappa shape index (κ1) is 23.9. The Labute approximate surface area is 201 Å². The number of carbonyl (C=O) groups is 1. The minimum atomic E-state index is -4.46. The quantitative estimate of drug-likeness (QED) is 0.343. The lowest BCUT2D eigenvalue weighted by atomic mass is 10.1. The number of fused-ring (bicyclic) bond motifs is 1. The van der Waals surface area contributed by atoms with Crippen molar-refractivity contribution in [2.75, 3.05) is 5.32 Å². The SMILES string of the molecule is Cc1nn(Cc2cccc(C(F)(F)F)c2)c(C)c1NC(=O)c1cc2nc(C3CC3)cc(C(F)F)n2n1. The molecule has 1 aliphatic rings. The molecule has 1 saturated carbocycles. The standard InChI is InChI=1S/C24H21F5N6O/c1-12-21(13(2)34(32-12)11-14-4-3-5-16(8-14)24(27,28)29)31-23(36)18-10-20-30-17(15-6-7-15)9-19(22(25)26)35(20)33-18/h3-5,8-10,15,22H,6-7,11H2,1-2H3,(H,31,36). The number of halogens is 5. The van der Waals surface area contributed by atoms with Gasteiger partial charge < -0.3 is 5.32 Å². The number of nitrogens with one attached hydrogen (secondary N) is 1. The number of amides is 1. The highest BCUT2D eigenvalue weighted by Crippen LogP contribution is 2.40. The molecular formula is C24H21F5N6O. The van der Waals surface area contributed by atoms with Gasteiger partial charge in [-0.1, -0.05) is 12.1 Å². The largest absolute Gasteiger partial charge is 0.416 e. The molecule has 3 aromatic heterocycles.